The molecular formula is C11H14BrN. The lowest BCUT2D eigenvalue weighted by Gasteiger charge is -2.07. The molecule has 0 radical (unpaired) electrons. The minimum atomic E-state index is 0.0841. The summed E-state index contributed by atoms with van der Waals surface area (Å²) in [5, 5.41) is 0. The van der Waals surface area contributed by atoms with E-state index in [-0.39, 0.29) is 5.54 Å². The van der Waals surface area contributed by atoms with Gasteiger partial charge in [-0.25, -0.2) is 0 Å². The third-order valence-electron chi connectivity index (χ3n) is 3.03. The van der Waals surface area contributed by atoms with Gasteiger partial charge in [-0.15, -0.1) is 0 Å². The van der Waals surface area contributed by atoms with Crippen LogP contribution in [-0.2, 0) is 0 Å². The maximum Gasteiger partial charge on any atom is 0.0228 e. The summed E-state index contributed by atoms with van der Waals surface area (Å²) in [6.45, 7) is 2.16. The summed E-state index contributed by atoms with van der Waals surface area (Å²) in [7, 11) is 0. The van der Waals surface area contributed by atoms with Gasteiger partial charge in [-0.2, -0.15) is 0 Å². The second-order valence-corrected chi connectivity index (χ2v) is 4.81. The Kier molecular flexibility index (Phi) is 2.20. The molecule has 1 aliphatic carbocycles. The predicted molar refractivity (Wildman–Crippen MR) is 58.7 cm³/mol. The van der Waals surface area contributed by atoms with E-state index in [2.05, 4.69) is 47.1 Å². The quantitative estimate of drug-likeness (QED) is 0.844. The Morgan fingerprint density at radius 1 is 1.62 bits per heavy atom. The number of hydrogen-bond donors (Lipinski definition) is 1. The minimum Gasteiger partial charge on any atom is -0.325 e. The normalized spacial score (nSPS) is 31.8. The van der Waals surface area contributed by atoms with Gasteiger partial charge >= 0.3 is 0 Å². The molecule has 1 saturated carbocycles. The van der Waals surface area contributed by atoms with Crippen LogP contribution in [0.1, 0.15) is 31.2 Å². The van der Waals surface area contributed by atoms with E-state index in [1.54, 1.807) is 0 Å². The zero-order valence-corrected chi connectivity index (χ0v) is 9.34. The molecule has 0 heterocycles. The van der Waals surface area contributed by atoms with Crippen molar-refractivity contribution in [1.82, 2.24) is 0 Å². The largest absolute Gasteiger partial charge is 0.325 e. The second-order valence-electron chi connectivity index (χ2n) is 3.90. The van der Waals surface area contributed by atoms with Gasteiger partial charge in [0.25, 0.3) is 0 Å². The van der Waals surface area contributed by atoms with Crippen molar-refractivity contribution in [2.24, 2.45) is 5.73 Å². The maximum absolute atomic E-state index is 6.16. The van der Waals surface area contributed by atoms with E-state index >= 15 is 0 Å². The summed E-state index contributed by atoms with van der Waals surface area (Å²) in [6.07, 6.45) is 2.21. The van der Waals surface area contributed by atoms with Gasteiger partial charge in [-0.05, 0) is 30.5 Å². The summed E-state index contributed by atoms with van der Waals surface area (Å²) < 4.78 is 1.15. The van der Waals surface area contributed by atoms with E-state index in [0.29, 0.717) is 5.92 Å². The van der Waals surface area contributed by atoms with Gasteiger partial charge in [0.15, 0.2) is 0 Å². The number of hydrogen-bond acceptors (Lipinski definition) is 1. The summed E-state index contributed by atoms with van der Waals surface area (Å²) in [6, 6.07) is 8.47. The standard InChI is InChI=1S/C11H14BrN/c1-2-11(13)7-10(11)8-4-3-5-9(12)6-8/h3-6,10H,2,7,13H2,1H3/t10-,11+/m0/s1. The summed E-state index contributed by atoms with van der Waals surface area (Å²) in [5.74, 6) is 0.579. The fraction of sp³-hybridized carbons (Fsp3) is 0.455. The molecule has 1 nitrogen and oxygen atoms in total. The Balaban J connectivity index is 2.20. The highest BCUT2D eigenvalue weighted by Gasteiger charge is 2.49. The molecule has 2 rings (SSSR count). The second kappa shape index (κ2) is 3.10. The van der Waals surface area contributed by atoms with Gasteiger partial charge in [0.2, 0.25) is 0 Å². The van der Waals surface area contributed by atoms with Crippen molar-refractivity contribution in [3.63, 3.8) is 0 Å². The van der Waals surface area contributed by atoms with Crippen molar-refractivity contribution >= 4 is 15.9 Å². The average molecular weight is 240 g/mol. The molecule has 13 heavy (non-hydrogen) atoms. The lowest BCUT2D eigenvalue weighted by molar-refractivity contribution is 0.626. The highest BCUT2D eigenvalue weighted by molar-refractivity contribution is 9.10. The topological polar surface area (TPSA) is 26.0 Å². The van der Waals surface area contributed by atoms with Crippen LogP contribution < -0.4 is 5.73 Å². The Morgan fingerprint density at radius 2 is 2.38 bits per heavy atom. The van der Waals surface area contributed by atoms with Crippen LogP contribution in [0, 0.1) is 0 Å². The van der Waals surface area contributed by atoms with Gasteiger partial charge in [0, 0.05) is 15.9 Å². The summed E-state index contributed by atoms with van der Waals surface area (Å²) >= 11 is 3.48. The first kappa shape index (κ1) is 9.22. The lowest BCUT2D eigenvalue weighted by Crippen LogP contribution is -2.22. The van der Waals surface area contributed by atoms with Crippen LogP contribution >= 0.6 is 15.9 Å². The molecular weight excluding hydrogens is 226 g/mol. The Bertz CT molecular complexity index is 324. The van der Waals surface area contributed by atoms with E-state index in [0.717, 1.165) is 17.3 Å². The molecule has 0 aromatic heterocycles. The zero-order valence-electron chi connectivity index (χ0n) is 7.76. The summed E-state index contributed by atoms with van der Waals surface area (Å²) in [5.41, 5.74) is 7.61. The molecule has 1 aromatic rings. The number of benzene rings is 1. The third-order valence-corrected chi connectivity index (χ3v) is 3.52. The number of halogens is 1. The predicted octanol–water partition coefficient (Wildman–Crippen LogP) is 3.04. The monoisotopic (exact) mass is 239 g/mol. The van der Waals surface area contributed by atoms with Gasteiger partial charge < -0.3 is 5.73 Å². The van der Waals surface area contributed by atoms with Crippen molar-refractivity contribution in [3.05, 3.63) is 34.3 Å². The van der Waals surface area contributed by atoms with Crippen molar-refractivity contribution in [2.45, 2.75) is 31.2 Å². The maximum atomic E-state index is 6.16. The van der Waals surface area contributed by atoms with Gasteiger partial charge in [0.05, 0.1) is 0 Å². The number of nitrogens with two attached hydrogens (primary N) is 1. The smallest absolute Gasteiger partial charge is 0.0228 e. The van der Waals surface area contributed by atoms with Crippen LogP contribution in [0.5, 0.6) is 0 Å². The molecule has 1 aliphatic rings. The van der Waals surface area contributed by atoms with Crippen LogP contribution in [0.2, 0.25) is 0 Å². The molecule has 0 aliphatic heterocycles. The van der Waals surface area contributed by atoms with Gasteiger partial charge in [-0.1, -0.05) is 35.0 Å². The first-order chi connectivity index (χ1) is 6.15. The Labute approximate surface area is 87.5 Å². The fourth-order valence-corrected chi connectivity index (χ4v) is 2.30. The molecule has 70 valence electrons. The van der Waals surface area contributed by atoms with Gasteiger partial charge in [-0.3, -0.25) is 0 Å². The van der Waals surface area contributed by atoms with Crippen LogP contribution in [0.25, 0.3) is 0 Å². The zero-order chi connectivity index (χ0) is 9.47. The van der Waals surface area contributed by atoms with E-state index in [1.165, 1.54) is 5.56 Å². The van der Waals surface area contributed by atoms with E-state index in [4.69, 9.17) is 5.73 Å². The third kappa shape index (κ3) is 1.65. The molecule has 0 saturated heterocycles. The van der Waals surface area contributed by atoms with Gasteiger partial charge in [0.1, 0.15) is 0 Å². The molecule has 1 aromatic carbocycles. The first-order valence-corrected chi connectivity index (χ1v) is 5.49. The SMILES string of the molecule is CC[C@@]1(N)C[C@H]1c1cccc(Br)c1. The van der Waals surface area contributed by atoms with E-state index in [9.17, 15) is 0 Å². The lowest BCUT2D eigenvalue weighted by atomic mass is 10.1. The van der Waals surface area contributed by atoms with Crippen molar-refractivity contribution in [1.29, 1.82) is 0 Å². The first-order valence-electron chi connectivity index (χ1n) is 4.70. The average Bonchev–Trinajstić information content (AvgIpc) is 2.79. The Morgan fingerprint density at radius 3 is 2.92 bits per heavy atom. The minimum absolute atomic E-state index is 0.0841. The number of rotatable bonds is 2. The van der Waals surface area contributed by atoms with Crippen LogP contribution in [0.15, 0.2) is 28.7 Å². The molecule has 0 amide bonds. The highest BCUT2D eigenvalue weighted by atomic mass is 79.9. The van der Waals surface area contributed by atoms with Crippen LogP contribution in [0.4, 0.5) is 0 Å². The van der Waals surface area contributed by atoms with E-state index in [1.807, 2.05) is 0 Å². The van der Waals surface area contributed by atoms with Crippen molar-refractivity contribution in [2.75, 3.05) is 0 Å². The Hall–Kier alpha value is -0.340. The molecule has 2 heteroatoms. The van der Waals surface area contributed by atoms with Crippen LogP contribution in [-0.4, -0.2) is 5.54 Å². The molecule has 1 fully saturated rings. The molecule has 0 unspecified atom stereocenters. The highest BCUT2D eigenvalue weighted by Crippen LogP contribution is 2.51. The molecule has 2 atom stereocenters. The molecule has 2 N–H and O–H groups in total. The molecule has 0 spiro atoms. The molecule has 0 bridgehead atoms. The fourth-order valence-electron chi connectivity index (χ4n) is 1.88. The summed E-state index contributed by atoms with van der Waals surface area (Å²) in [4.78, 5) is 0. The van der Waals surface area contributed by atoms with Crippen LogP contribution in [0.3, 0.4) is 0 Å². The van der Waals surface area contributed by atoms with E-state index < -0.39 is 0 Å². The van der Waals surface area contributed by atoms with Crippen molar-refractivity contribution in [3.8, 4) is 0 Å². The van der Waals surface area contributed by atoms with Crippen molar-refractivity contribution < 1.29 is 0 Å².